The van der Waals surface area contributed by atoms with Crippen molar-refractivity contribution in [1.82, 2.24) is 14.5 Å². The van der Waals surface area contributed by atoms with E-state index < -0.39 is 18.5 Å². The Morgan fingerprint density at radius 2 is 1.55 bits per heavy atom. The van der Waals surface area contributed by atoms with E-state index in [4.69, 9.17) is 4.74 Å². The van der Waals surface area contributed by atoms with Gasteiger partial charge in [0.2, 0.25) is 0 Å². The second-order valence-corrected chi connectivity index (χ2v) is 9.85. The first-order chi connectivity index (χ1) is 20.2. The topological polar surface area (TPSA) is 39.5 Å². The number of hydrogen-bond acceptors (Lipinski definition) is 4. The molecule has 0 fully saturated rings. The number of hydrogen-bond donors (Lipinski definition) is 0. The van der Waals surface area contributed by atoms with E-state index in [1.807, 2.05) is 49.1 Å². The molecule has 42 heavy (non-hydrogen) atoms. The van der Waals surface area contributed by atoms with Crippen LogP contribution in [-0.4, -0.2) is 27.7 Å². The van der Waals surface area contributed by atoms with Crippen LogP contribution in [0.15, 0.2) is 78.9 Å². The normalized spacial score (nSPS) is 11.8. The summed E-state index contributed by atoms with van der Waals surface area (Å²) < 4.78 is 80.5. The van der Waals surface area contributed by atoms with Crippen molar-refractivity contribution in [3.05, 3.63) is 101 Å². The van der Waals surface area contributed by atoms with Gasteiger partial charge in [0.1, 0.15) is 17.3 Å². The molecule has 0 N–H and O–H groups in total. The highest BCUT2D eigenvalue weighted by atomic mass is 19.4. The Balaban J connectivity index is 1.76. The zero-order chi connectivity index (χ0) is 30.1. The molecule has 0 spiro atoms. The summed E-state index contributed by atoms with van der Waals surface area (Å²) in [7, 11) is 0. The molecule has 0 aliphatic carbocycles. The maximum absolute atomic E-state index is 14.5. The number of unbranched alkanes of at least 4 members (excludes halogenated alkanes) is 1. The van der Waals surface area contributed by atoms with Crippen LogP contribution in [0, 0.1) is 0 Å². The summed E-state index contributed by atoms with van der Waals surface area (Å²) in [6.45, 7) is 2.29. The van der Waals surface area contributed by atoms with Gasteiger partial charge in [-0.3, -0.25) is 4.90 Å². The second-order valence-electron chi connectivity index (χ2n) is 9.85. The zero-order valence-corrected chi connectivity index (χ0v) is 23.6. The number of benzene rings is 3. The monoisotopic (exact) mass is 587 g/mol. The number of ether oxygens (including phenoxy) is 2. The molecule has 5 nitrogen and oxygen atoms in total. The zero-order valence-electron chi connectivity index (χ0n) is 23.6. The second kappa shape index (κ2) is 14.3. The van der Waals surface area contributed by atoms with E-state index in [1.165, 1.54) is 12.1 Å². The van der Waals surface area contributed by atoms with Crippen molar-refractivity contribution in [3.8, 4) is 22.9 Å². The molecule has 0 radical (unpaired) electrons. The molecule has 0 aliphatic heterocycles. The fraction of sp³-hybridized carbons (Fsp3) is 0.344. The van der Waals surface area contributed by atoms with Gasteiger partial charge in [0.05, 0.1) is 12.3 Å². The van der Waals surface area contributed by atoms with Crippen molar-refractivity contribution in [3.63, 3.8) is 0 Å². The van der Waals surface area contributed by atoms with Crippen LogP contribution in [0.25, 0.3) is 11.4 Å². The third kappa shape index (κ3) is 8.31. The van der Waals surface area contributed by atoms with Gasteiger partial charge >= 0.3 is 12.8 Å². The average Bonchev–Trinajstić information content (AvgIpc) is 3.32. The van der Waals surface area contributed by atoms with Gasteiger partial charge in [-0.05, 0) is 48.7 Å². The molecular formula is C32H34F5N3O2. The van der Waals surface area contributed by atoms with Crippen LogP contribution in [0.3, 0.4) is 0 Å². The Labute approximate surface area is 242 Å². The van der Waals surface area contributed by atoms with E-state index in [1.54, 1.807) is 41.0 Å². The largest absolute Gasteiger partial charge is 0.494 e. The van der Waals surface area contributed by atoms with Crippen molar-refractivity contribution >= 4 is 0 Å². The Kier molecular flexibility index (Phi) is 10.6. The van der Waals surface area contributed by atoms with E-state index in [0.717, 1.165) is 17.5 Å². The number of nitrogens with zero attached hydrogens (tertiary/aromatic N) is 3. The lowest BCUT2D eigenvalue weighted by molar-refractivity contribution is -0.141. The Morgan fingerprint density at radius 1 is 0.833 bits per heavy atom. The van der Waals surface area contributed by atoms with Gasteiger partial charge in [0.15, 0.2) is 5.69 Å². The summed E-state index contributed by atoms with van der Waals surface area (Å²) >= 11 is 0. The highest BCUT2D eigenvalue weighted by Crippen LogP contribution is 2.36. The lowest BCUT2D eigenvalue weighted by Crippen LogP contribution is -2.26. The fourth-order valence-electron chi connectivity index (χ4n) is 4.81. The van der Waals surface area contributed by atoms with Crippen LogP contribution in [-0.2, 0) is 32.4 Å². The van der Waals surface area contributed by atoms with Crippen molar-refractivity contribution in [1.29, 1.82) is 0 Å². The van der Waals surface area contributed by atoms with Gasteiger partial charge in [-0.15, -0.1) is 0 Å². The molecule has 3 aromatic carbocycles. The van der Waals surface area contributed by atoms with Gasteiger partial charge < -0.3 is 14.0 Å². The minimum absolute atomic E-state index is 0.00854. The summed E-state index contributed by atoms with van der Waals surface area (Å²) in [6.07, 6.45) is -3.18. The number of rotatable bonds is 14. The smallest absolute Gasteiger partial charge is 0.435 e. The third-order valence-corrected chi connectivity index (χ3v) is 6.65. The molecule has 1 heterocycles. The number of aromatic nitrogens is 2. The van der Waals surface area contributed by atoms with Crippen molar-refractivity contribution in [2.75, 3.05) is 6.61 Å². The third-order valence-electron chi connectivity index (χ3n) is 6.65. The van der Waals surface area contributed by atoms with Crippen LogP contribution in [0.4, 0.5) is 22.0 Å². The molecule has 1 aromatic heterocycles. The molecule has 0 saturated heterocycles. The summed E-state index contributed by atoms with van der Waals surface area (Å²) in [5.41, 5.74) is 1.36. The van der Waals surface area contributed by atoms with Crippen LogP contribution in [0.1, 0.15) is 49.2 Å². The van der Waals surface area contributed by atoms with Crippen molar-refractivity contribution < 1.29 is 31.4 Å². The highest BCUT2D eigenvalue weighted by Gasteiger charge is 2.39. The predicted octanol–water partition coefficient (Wildman–Crippen LogP) is 8.57. The van der Waals surface area contributed by atoms with E-state index in [-0.39, 0.29) is 30.4 Å². The van der Waals surface area contributed by atoms with E-state index >= 15 is 0 Å². The lowest BCUT2D eigenvalue weighted by atomic mass is 10.1. The highest BCUT2D eigenvalue weighted by molar-refractivity contribution is 5.57. The maximum Gasteiger partial charge on any atom is 0.435 e. The molecule has 0 unspecified atom stereocenters. The first-order valence-electron chi connectivity index (χ1n) is 13.9. The Morgan fingerprint density at radius 3 is 2.19 bits per heavy atom. The molecule has 224 valence electrons. The summed E-state index contributed by atoms with van der Waals surface area (Å²) in [5, 5.41) is 0. The standard InChI is InChI=1S/C32H34F5N3O2/c1-3-5-18-40-28(29(32(35,36)37)38-30(40)25-11-7-6-8-12-25)22-39(21-24-10-9-13-27(19-24)41-4-2)20-23-14-16-26(17-15-23)42-31(33)34/h6-17,19,31H,3-5,18,20-22H2,1-2H3. The van der Waals surface area contributed by atoms with Crippen LogP contribution < -0.4 is 9.47 Å². The first-order valence-corrected chi connectivity index (χ1v) is 13.9. The molecular weight excluding hydrogens is 553 g/mol. The Bertz CT molecular complexity index is 1410. The molecule has 10 heteroatoms. The molecule has 0 aliphatic rings. The molecule has 4 rings (SSSR count). The first kappa shape index (κ1) is 31.0. The SMILES string of the molecule is CCCCn1c(-c2ccccc2)nc(C(F)(F)F)c1CN(Cc1ccc(OC(F)F)cc1)Cc1cccc(OCC)c1. The van der Waals surface area contributed by atoms with Crippen LogP contribution in [0.5, 0.6) is 11.5 Å². The lowest BCUT2D eigenvalue weighted by Gasteiger charge is -2.25. The van der Waals surface area contributed by atoms with E-state index in [2.05, 4.69) is 9.72 Å². The molecule has 4 aromatic rings. The average molecular weight is 588 g/mol. The van der Waals surface area contributed by atoms with Gasteiger partial charge in [-0.1, -0.05) is 67.9 Å². The van der Waals surface area contributed by atoms with Gasteiger partial charge in [0.25, 0.3) is 0 Å². The maximum atomic E-state index is 14.5. The number of imidazole rings is 1. The molecule has 0 atom stereocenters. The van der Waals surface area contributed by atoms with Crippen LogP contribution in [0.2, 0.25) is 0 Å². The van der Waals surface area contributed by atoms with E-state index in [9.17, 15) is 22.0 Å². The summed E-state index contributed by atoms with van der Waals surface area (Å²) in [5.74, 6) is 0.950. The summed E-state index contributed by atoms with van der Waals surface area (Å²) in [4.78, 5) is 6.04. The predicted molar refractivity (Wildman–Crippen MR) is 151 cm³/mol. The van der Waals surface area contributed by atoms with Gasteiger partial charge in [-0.2, -0.15) is 22.0 Å². The minimum Gasteiger partial charge on any atom is -0.494 e. The fourth-order valence-corrected chi connectivity index (χ4v) is 4.81. The molecule has 0 amide bonds. The number of alkyl halides is 5. The molecule has 0 bridgehead atoms. The molecule has 0 saturated carbocycles. The van der Waals surface area contributed by atoms with Crippen molar-refractivity contribution in [2.24, 2.45) is 0 Å². The van der Waals surface area contributed by atoms with Gasteiger partial charge in [0, 0.05) is 31.7 Å². The minimum atomic E-state index is -4.66. The van der Waals surface area contributed by atoms with E-state index in [0.29, 0.717) is 37.4 Å². The number of halogens is 5. The van der Waals surface area contributed by atoms with Crippen LogP contribution >= 0.6 is 0 Å². The quantitative estimate of drug-likeness (QED) is 0.139. The Hall–Kier alpha value is -3.92. The van der Waals surface area contributed by atoms with Gasteiger partial charge in [-0.25, -0.2) is 4.98 Å². The van der Waals surface area contributed by atoms with Crippen molar-refractivity contribution in [2.45, 2.75) is 65.7 Å². The summed E-state index contributed by atoms with van der Waals surface area (Å²) in [6, 6.07) is 22.4.